The van der Waals surface area contributed by atoms with Gasteiger partial charge in [0.2, 0.25) is 11.8 Å². The van der Waals surface area contributed by atoms with Gasteiger partial charge in [-0.05, 0) is 80.8 Å². The first-order valence-electron chi connectivity index (χ1n) is 15.5. The van der Waals surface area contributed by atoms with Gasteiger partial charge in [-0.25, -0.2) is 9.37 Å². The van der Waals surface area contributed by atoms with Crippen LogP contribution in [0, 0.1) is 23.6 Å². The van der Waals surface area contributed by atoms with E-state index in [-0.39, 0.29) is 16.7 Å². The summed E-state index contributed by atoms with van der Waals surface area (Å²) in [7, 11) is 0. The fraction of sp³-hybridized carbons (Fsp3) is 0.485. The minimum atomic E-state index is -0.464. The van der Waals surface area contributed by atoms with Gasteiger partial charge in [0.05, 0.1) is 25.0 Å². The van der Waals surface area contributed by atoms with Crippen molar-refractivity contribution in [3.63, 3.8) is 0 Å². The smallest absolute Gasteiger partial charge is 0.247 e. The molecule has 4 aliphatic rings. The van der Waals surface area contributed by atoms with Gasteiger partial charge in [0.25, 0.3) is 0 Å². The van der Waals surface area contributed by atoms with Crippen LogP contribution in [-0.4, -0.2) is 80.9 Å². The number of fused-ring (bicyclic) bond motifs is 4. The van der Waals surface area contributed by atoms with Gasteiger partial charge in [-0.15, -0.1) is 6.42 Å². The fourth-order valence-corrected chi connectivity index (χ4v) is 7.35. The van der Waals surface area contributed by atoms with Crippen molar-refractivity contribution in [3.05, 3.63) is 47.5 Å². The van der Waals surface area contributed by atoms with Crippen LogP contribution in [-0.2, 0) is 6.54 Å². The van der Waals surface area contributed by atoms with Crippen LogP contribution in [0.5, 0.6) is 11.6 Å². The number of hydrogen-bond donors (Lipinski definition) is 2. The number of aromatic hydroxyl groups is 1. The molecule has 4 fully saturated rings. The average Bonchev–Trinajstić information content (AvgIpc) is 3.27. The van der Waals surface area contributed by atoms with Crippen molar-refractivity contribution in [3.8, 4) is 24.0 Å². The van der Waals surface area contributed by atoms with Gasteiger partial charge in [-0.1, -0.05) is 12.0 Å². The second kappa shape index (κ2) is 10.4. The molecule has 5 heterocycles. The van der Waals surface area contributed by atoms with Crippen molar-refractivity contribution in [2.75, 3.05) is 44.2 Å². The standard InChI is InChI=1S/C33H36FN7O2/c1-2-26-27(34)8-5-21-13-25(42)14-22(28(21)26)15-41-20-35-29-30(41)37-32(40-16-23-6-7-24(17-40)36-23)38-31(29)43-19-33(9-10-33)18-39-11-3-4-12-39/h1,5,8,13-14,20,23-24,36,42H,3-4,6-7,9-12,15-19H2/t23-,24+. The lowest BCUT2D eigenvalue weighted by molar-refractivity contribution is 0.176. The maximum absolute atomic E-state index is 14.8. The summed E-state index contributed by atoms with van der Waals surface area (Å²) < 4.78 is 23.2. The largest absolute Gasteiger partial charge is 0.508 e. The number of phenols is 1. The highest BCUT2D eigenvalue weighted by atomic mass is 19.1. The number of piperazine rings is 1. The molecule has 222 valence electrons. The van der Waals surface area contributed by atoms with Gasteiger partial charge >= 0.3 is 0 Å². The lowest BCUT2D eigenvalue weighted by atomic mass is 9.98. The Morgan fingerprint density at radius 1 is 1.12 bits per heavy atom. The molecule has 2 N–H and O–H groups in total. The normalized spacial score (nSPS) is 22.8. The number of terminal acetylenes is 1. The summed E-state index contributed by atoms with van der Waals surface area (Å²) in [5, 5.41) is 15.5. The number of phenolic OH excluding ortho intramolecular Hbond substituents is 1. The number of hydrogen-bond acceptors (Lipinski definition) is 8. The van der Waals surface area contributed by atoms with E-state index in [1.807, 2.05) is 4.57 Å². The van der Waals surface area contributed by atoms with Gasteiger partial charge in [-0.3, -0.25) is 0 Å². The van der Waals surface area contributed by atoms with E-state index in [9.17, 15) is 9.50 Å². The number of imidazole rings is 1. The number of nitrogens with zero attached hydrogens (tertiary/aromatic N) is 6. The molecule has 2 bridgehead atoms. The monoisotopic (exact) mass is 581 g/mol. The van der Waals surface area contributed by atoms with Crippen LogP contribution in [0.4, 0.5) is 10.3 Å². The third-order valence-electron chi connectivity index (χ3n) is 9.77. The first-order chi connectivity index (χ1) is 21.0. The summed E-state index contributed by atoms with van der Waals surface area (Å²) in [5.41, 5.74) is 2.29. The lowest BCUT2D eigenvalue weighted by Gasteiger charge is -2.33. The zero-order valence-corrected chi connectivity index (χ0v) is 24.2. The van der Waals surface area contributed by atoms with Crippen LogP contribution < -0.4 is 15.0 Å². The van der Waals surface area contributed by atoms with E-state index in [0.29, 0.717) is 64.6 Å². The van der Waals surface area contributed by atoms with E-state index >= 15 is 0 Å². The SMILES string of the molecule is C#Cc1c(F)ccc2cc(O)cc(Cn3cnc4c(OCC5(CN6CCCC6)CC5)nc(N5C[C@H]6CC[C@@H](C5)N6)nc43)c12. The molecule has 9 nitrogen and oxygen atoms in total. The lowest BCUT2D eigenvalue weighted by Crippen LogP contribution is -2.51. The van der Waals surface area contributed by atoms with Crippen LogP contribution in [0.1, 0.15) is 49.7 Å². The minimum Gasteiger partial charge on any atom is -0.508 e. The molecule has 1 saturated carbocycles. The van der Waals surface area contributed by atoms with Gasteiger partial charge in [-0.2, -0.15) is 9.97 Å². The highest BCUT2D eigenvalue weighted by molar-refractivity contribution is 5.92. The molecular formula is C33H36FN7O2. The van der Waals surface area contributed by atoms with Crippen LogP contribution in [0.25, 0.3) is 21.9 Å². The summed E-state index contributed by atoms with van der Waals surface area (Å²) in [6.45, 7) is 6.01. The van der Waals surface area contributed by atoms with Crippen LogP contribution in [0.15, 0.2) is 30.6 Å². The van der Waals surface area contributed by atoms with Crippen LogP contribution in [0.3, 0.4) is 0 Å². The Bertz CT molecular complexity index is 1740. The Balaban J connectivity index is 1.17. The van der Waals surface area contributed by atoms with Crippen molar-refractivity contribution in [2.24, 2.45) is 5.41 Å². The van der Waals surface area contributed by atoms with E-state index in [4.69, 9.17) is 26.1 Å². The van der Waals surface area contributed by atoms with Crippen LogP contribution >= 0.6 is 0 Å². The molecule has 0 amide bonds. The van der Waals surface area contributed by atoms with Gasteiger partial charge < -0.3 is 29.5 Å². The predicted molar refractivity (Wildman–Crippen MR) is 163 cm³/mol. The Morgan fingerprint density at radius 3 is 2.65 bits per heavy atom. The molecule has 0 unspecified atom stereocenters. The topological polar surface area (TPSA) is 91.6 Å². The van der Waals surface area contributed by atoms with Crippen molar-refractivity contribution in [2.45, 2.75) is 57.2 Å². The Kier molecular flexibility index (Phi) is 6.42. The van der Waals surface area contributed by atoms with Crippen LogP contribution in [0.2, 0.25) is 0 Å². The average molecular weight is 582 g/mol. The first kappa shape index (κ1) is 26.7. The summed E-state index contributed by atoms with van der Waals surface area (Å²) in [4.78, 5) is 19.6. The van der Waals surface area contributed by atoms with E-state index in [1.54, 1.807) is 24.5 Å². The molecule has 2 aromatic heterocycles. The number of ether oxygens (including phenoxy) is 1. The van der Waals surface area contributed by atoms with E-state index in [2.05, 4.69) is 21.0 Å². The van der Waals surface area contributed by atoms with Gasteiger partial charge in [0.1, 0.15) is 11.6 Å². The molecule has 8 rings (SSSR count). The number of benzene rings is 2. The third-order valence-corrected chi connectivity index (χ3v) is 9.77. The maximum Gasteiger partial charge on any atom is 0.247 e. The first-order valence-corrected chi connectivity index (χ1v) is 15.5. The molecule has 0 spiro atoms. The Labute approximate surface area is 250 Å². The molecule has 2 aromatic carbocycles. The molecule has 10 heteroatoms. The molecule has 3 aliphatic heterocycles. The van der Waals surface area contributed by atoms with Crippen molar-refractivity contribution in [1.29, 1.82) is 0 Å². The van der Waals surface area contributed by atoms with E-state index in [1.165, 1.54) is 44.8 Å². The summed E-state index contributed by atoms with van der Waals surface area (Å²) in [5.74, 6) is 3.28. The highest BCUT2D eigenvalue weighted by Gasteiger charge is 2.45. The number of rotatable bonds is 8. The van der Waals surface area contributed by atoms with Gasteiger partial charge in [0, 0.05) is 42.5 Å². The quantitative estimate of drug-likeness (QED) is 0.301. The maximum atomic E-state index is 14.8. The summed E-state index contributed by atoms with van der Waals surface area (Å²) >= 11 is 0. The number of aromatic nitrogens is 4. The van der Waals surface area contributed by atoms with Crippen molar-refractivity contribution < 1.29 is 14.2 Å². The molecule has 43 heavy (non-hydrogen) atoms. The van der Waals surface area contributed by atoms with Gasteiger partial charge in [0.15, 0.2) is 11.2 Å². The second-order valence-electron chi connectivity index (χ2n) is 13.0. The number of anilines is 1. The second-order valence-corrected chi connectivity index (χ2v) is 13.0. The van der Waals surface area contributed by atoms with Crippen molar-refractivity contribution in [1.82, 2.24) is 29.7 Å². The molecule has 3 saturated heterocycles. The molecule has 1 aliphatic carbocycles. The predicted octanol–water partition coefficient (Wildman–Crippen LogP) is 4.05. The number of halogens is 1. The van der Waals surface area contributed by atoms with E-state index < -0.39 is 5.82 Å². The minimum absolute atomic E-state index is 0.0878. The van der Waals surface area contributed by atoms with Crippen molar-refractivity contribution >= 4 is 27.9 Å². The van der Waals surface area contributed by atoms with E-state index in [0.717, 1.165) is 32.5 Å². The summed E-state index contributed by atoms with van der Waals surface area (Å²) in [6, 6.07) is 7.08. The fourth-order valence-electron chi connectivity index (χ4n) is 7.35. The molecular weight excluding hydrogens is 545 g/mol. The highest BCUT2D eigenvalue weighted by Crippen LogP contribution is 2.47. The molecule has 2 atom stereocenters. The number of likely N-dealkylation sites (tertiary alicyclic amines) is 1. The molecule has 4 aromatic rings. The zero-order chi connectivity index (χ0) is 29.1. The number of nitrogens with one attached hydrogen (secondary N) is 1. The molecule has 0 radical (unpaired) electrons. The Hall–Kier alpha value is -3.94. The third kappa shape index (κ3) is 4.94. The summed E-state index contributed by atoms with van der Waals surface area (Å²) in [6.07, 6.45) is 14.7. The Morgan fingerprint density at radius 2 is 1.91 bits per heavy atom. The zero-order valence-electron chi connectivity index (χ0n) is 24.2.